The Bertz CT molecular complexity index is 410. The van der Waals surface area contributed by atoms with E-state index in [2.05, 4.69) is 5.10 Å². The molecule has 0 bridgehead atoms. The summed E-state index contributed by atoms with van der Waals surface area (Å²) in [5, 5.41) is 5.73. The van der Waals surface area contributed by atoms with Crippen molar-refractivity contribution >= 4 is 17.0 Å². The van der Waals surface area contributed by atoms with Gasteiger partial charge in [-0.15, -0.1) is 0 Å². The minimum absolute atomic E-state index is 0.789. The molecule has 0 fully saturated rings. The van der Waals surface area contributed by atoms with Gasteiger partial charge in [-0.05, 0) is 25.1 Å². The van der Waals surface area contributed by atoms with Crippen molar-refractivity contribution in [1.82, 2.24) is 5.01 Å². The predicted molar refractivity (Wildman–Crippen MR) is 68.8 cm³/mol. The van der Waals surface area contributed by atoms with Gasteiger partial charge in [0, 0.05) is 30.1 Å². The summed E-state index contributed by atoms with van der Waals surface area (Å²) in [4.78, 5) is 1.60. The van der Waals surface area contributed by atoms with E-state index in [4.69, 9.17) is 0 Å². The van der Waals surface area contributed by atoms with Crippen LogP contribution in [-0.4, -0.2) is 29.5 Å². The van der Waals surface area contributed by atoms with Crippen LogP contribution in [0.2, 0.25) is 0 Å². The Labute approximate surface area is 98.9 Å². The maximum atomic E-state index is 12.0. The number of rotatable bonds is 4. The Balaban J connectivity index is 2.75. The van der Waals surface area contributed by atoms with E-state index in [0.717, 1.165) is 9.80 Å². The van der Waals surface area contributed by atoms with Gasteiger partial charge in [-0.1, -0.05) is 18.2 Å². The largest absolute Gasteiger partial charge is 0.303 e. The Hall–Kier alpha value is -1.42. The molecule has 86 valence electrons. The van der Waals surface area contributed by atoms with Gasteiger partial charge >= 0.3 is 0 Å². The van der Waals surface area contributed by atoms with Crippen LogP contribution in [-0.2, 0) is 10.8 Å². The van der Waals surface area contributed by atoms with E-state index in [0.29, 0.717) is 0 Å². The van der Waals surface area contributed by atoms with Gasteiger partial charge in [0.2, 0.25) is 0 Å². The molecule has 0 aliphatic carbocycles. The van der Waals surface area contributed by atoms with Gasteiger partial charge < -0.3 is 5.01 Å². The summed E-state index contributed by atoms with van der Waals surface area (Å²) < 4.78 is 12.0. The standard InChI is InChI=1S/C12H16N2OS/c1-11(9-10-13-14(2)3)16(15)12-7-5-4-6-8-12/h4-10H,1-3H3. The number of benzene rings is 1. The van der Waals surface area contributed by atoms with E-state index in [1.165, 1.54) is 0 Å². The van der Waals surface area contributed by atoms with E-state index in [9.17, 15) is 4.21 Å². The minimum atomic E-state index is -1.09. The van der Waals surface area contributed by atoms with Gasteiger partial charge in [0.15, 0.2) is 0 Å². The zero-order chi connectivity index (χ0) is 12.0. The van der Waals surface area contributed by atoms with Gasteiger partial charge in [0.1, 0.15) is 0 Å². The average molecular weight is 236 g/mol. The van der Waals surface area contributed by atoms with Crippen LogP contribution in [0.4, 0.5) is 0 Å². The normalized spacial score (nSPS) is 14.1. The topological polar surface area (TPSA) is 32.7 Å². The summed E-state index contributed by atoms with van der Waals surface area (Å²) in [5.74, 6) is 0. The van der Waals surface area contributed by atoms with Gasteiger partial charge in [0.25, 0.3) is 0 Å². The van der Waals surface area contributed by atoms with Crippen molar-refractivity contribution < 1.29 is 4.21 Å². The summed E-state index contributed by atoms with van der Waals surface area (Å²) in [5.41, 5.74) is 0. The van der Waals surface area contributed by atoms with Crippen molar-refractivity contribution in [3.05, 3.63) is 41.3 Å². The Morgan fingerprint density at radius 2 is 1.94 bits per heavy atom. The minimum Gasteiger partial charge on any atom is -0.303 e. The molecule has 0 aromatic heterocycles. The molecule has 0 heterocycles. The number of allylic oxidation sites excluding steroid dienone is 2. The first kappa shape index (κ1) is 12.6. The summed E-state index contributed by atoms with van der Waals surface area (Å²) in [6, 6.07) is 9.39. The molecule has 3 nitrogen and oxygen atoms in total. The summed E-state index contributed by atoms with van der Waals surface area (Å²) in [6.07, 6.45) is 3.42. The lowest BCUT2D eigenvalue weighted by Gasteiger charge is -2.02. The smallest absolute Gasteiger partial charge is 0.0806 e. The Kier molecular flexibility index (Phi) is 4.92. The van der Waals surface area contributed by atoms with E-state index in [1.807, 2.05) is 51.4 Å². The maximum absolute atomic E-state index is 12.0. The van der Waals surface area contributed by atoms with Gasteiger partial charge in [-0.25, -0.2) is 4.21 Å². The molecule has 4 heteroatoms. The monoisotopic (exact) mass is 236 g/mol. The maximum Gasteiger partial charge on any atom is 0.0806 e. The fourth-order valence-electron chi connectivity index (χ4n) is 1.06. The Morgan fingerprint density at radius 1 is 1.31 bits per heavy atom. The average Bonchev–Trinajstić information content (AvgIpc) is 2.28. The van der Waals surface area contributed by atoms with Crippen LogP contribution >= 0.6 is 0 Å². The molecule has 0 N–H and O–H groups in total. The van der Waals surface area contributed by atoms with Gasteiger partial charge in [0.05, 0.1) is 10.8 Å². The lowest BCUT2D eigenvalue weighted by molar-refractivity contribution is 0.440. The van der Waals surface area contributed by atoms with Gasteiger partial charge in [-0.2, -0.15) is 5.10 Å². The molecule has 0 aliphatic rings. The molecule has 0 spiro atoms. The zero-order valence-corrected chi connectivity index (χ0v) is 10.6. The Morgan fingerprint density at radius 3 is 2.50 bits per heavy atom. The van der Waals surface area contributed by atoms with Crippen molar-refractivity contribution in [2.45, 2.75) is 11.8 Å². The highest BCUT2D eigenvalue weighted by Crippen LogP contribution is 2.12. The fraction of sp³-hybridized carbons (Fsp3) is 0.250. The summed E-state index contributed by atoms with van der Waals surface area (Å²) in [6.45, 7) is 1.84. The van der Waals surface area contributed by atoms with Gasteiger partial charge in [-0.3, -0.25) is 0 Å². The quantitative estimate of drug-likeness (QED) is 0.593. The molecule has 0 saturated heterocycles. The number of hydrogen-bond acceptors (Lipinski definition) is 3. The molecule has 16 heavy (non-hydrogen) atoms. The number of hydrazone groups is 1. The fourth-order valence-corrected chi connectivity index (χ4v) is 2.02. The van der Waals surface area contributed by atoms with Crippen LogP contribution < -0.4 is 0 Å². The molecular weight excluding hydrogens is 220 g/mol. The van der Waals surface area contributed by atoms with Crippen LogP contribution in [0.25, 0.3) is 0 Å². The van der Waals surface area contributed by atoms with Crippen LogP contribution in [0.5, 0.6) is 0 Å². The highest BCUT2D eigenvalue weighted by Gasteiger charge is 2.03. The third-order valence-corrected chi connectivity index (χ3v) is 3.28. The number of nitrogens with zero attached hydrogens (tertiary/aromatic N) is 2. The third kappa shape index (κ3) is 3.98. The molecule has 1 aromatic rings. The lowest BCUT2D eigenvalue weighted by atomic mass is 10.4. The van der Waals surface area contributed by atoms with E-state index in [1.54, 1.807) is 17.3 Å². The first-order valence-corrected chi connectivity index (χ1v) is 6.11. The van der Waals surface area contributed by atoms with Crippen molar-refractivity contribution in [2.24, 2.45) is 5.10 Å². The molecule has 1 atom stereocenters. The molecule has 0 radical (unpaired) electrons. The molecular formula is C12H16N2OS. The van der Waals surface area contributed by atoms with Crippen LogP contribution in [0.3, 0.4) is 0 Å². The summed E-state index contributed by atoms with van der Waals surface area (Å²) in [7, 11) is 2.59. The zero-order valence-electron chi connectivity index (χ0n) is 9.75. The number of hydrogen-bond donors (Lipinski definition) is 0. The van der Waals surface area contributed by atoms with Crippen molar-refractivity contribution in [3.8, 4) is 0 Å². The second-order valence-electron chi connectivity index (χ2n) is 3.47. The second-order valence-corrected chi connectivity index (χ2v) is 5.12. The predicted octanol–water partition coefficient (Wildman–Crippen LogP) is 2.25. The molecule has 0 amide bonds. The van der Waals surface area contributed by atoms with E-state index in [-0.39, 0.29) is 0 Å². The SMILES string of the molecule is CC(=CC=NN(C)C)S(=O)c1ccccc1. The van der Waals surface area contributed by atoms with Crippen LogP contribution in [0.1, 0.15) is 6.92 Å². The highest BCUT2D eigenvalue weighted by atomic mass is 32.2. The highest BCUT2D eigenvalue weighted by molar-refractivity contribution is 7.89. The van der Waals surface area contributed by atoms with E-state index >= 15 is 0 Å². The first-order chi connectivity index (χ1) is 7.61. The molecule has 0 aliphatic heterocycles. The van der Waals surface area contributed by atoms with Crippen molar-refractivity contribution in [2.75, 3.05) is 14.1 Å². The lowest BCUT2D eigenvalue weighted by Crippen LogP contribution is -2.01. The van der Waals surface area contributed by atoms with Crippen molar-refractivity contribution in [3.63, 3.8) is 0 Å². The molecule has 0 saturated carbocycles. The summed E-state index contributed by atoms with van der Waals surface area (Å²) >= 11 is 0. The van der Waals surface area contributed by atoms with Crippen molar-refractivity contribution in [1.29, 1.82) is 0 Å². The molecule has 1 rings (SSSR count). The molecule has 1 unspecified atom stereocenters. The molecule has 1 aromatic carbocycles. The van der Waals surface area contributed by atoms with Crippen LogP contribution in [0.15, 0.2) is 51.3 Å². The first-order valence-electron chi connectivity index (χ1n) is 4.96. The van der Waals surface area contributed by atoms with Crippen LogP contribution in [0, 0.1) is 0 Å². The second kappa shape index (κ2) is 6.23. The third-order valence-electron chi connectivity index (χ3n) is 1.86. The van der Waals surface area contributed by atoms with E-state index < -0.39 is 10.8 Å².